The highest BCUT2D eigenvalue weighted by Crippen LogP contribution is 2.36. The van der Waals surface area contributed by atoms with Crippen molar-refractivity contribution < 1.29 is 18.0 Å². The molecule has 1 aliphatic rings. The van der Waals surface area contributed by atoms with Gasteiger partial charge in [0.15, 0.2) is 5.13 Å². The molecule has 146 valence electrons. The SMILES string of the molecule is Cc1cccc(NC(=O)CN2CCN(c3ncc(C(F)(F)F)s3)CC2)c1C. The Morgan fingerprint density at radius 2 is 1.93 bits per heavy atom. The number of thiazole rings is 1. The zero-order valence-electron chi connectivity index (χ0n) is 15.1. The lowest BCUT2D eigenvalue weighted by molar-refractivity contribution is -0.134. The maximum atomic E-state index is 12.7. The minimum absolute atomic E-state index is 0.0919. The standard InChI is InChI=1S/C18H21F3N4OS/c1-12-4-3-5-14(13(12)2)23-16(26)11-24-6-8-25(9-7-24)17-22-10-15(27-17)18(19,20)21/h3-5,10H,6-9,11H2,1-2H3,(H,23,26). The molecule has 9 heteroatoms. The van der Waals surface area contributed by atoms with Crippen molar-refractivity contribution in [3.63, 3.8) is 0 Å². The van der Waals surface area contributed by atoms with Crippen molar-refractivity contribution in [2.24, 2.45) is 0 Å². The number of benzene rings is 1. The molecule has 0 bridgehead atoms. The van der Waals surface area contributed by atoms with Crippen LogP contribution >= 0.6 is 11.3 Å². The summed E-state index contributed by atoms with van der Waals surface area (Å²) in [5.41, 5.74) is 2.96. The molecule has 1 aromatic heterocycles. The summed E-state index contributed by atoms with van der Waals surface area (Å²) < 4.78 is 38.1. The predicted octanol–water partition coefficient (Wildman–Crippen LogP) is 3.54. The van der Waals surface area contributed by atoms with Crippen molar-refractivity contribution in [3.8, 4) is 0 Å². The van der Waals surface area contributed by atoms with Gasteiger partial charge in [-0.1, -0.05) is 23.5 Å². The molecule has 1 aromatic carbocycles. The molecule has 0 unspecified atom stereocenters. The van der Waals surface area contributed by atoms with Crippen LogP contribution in [-0.4, -0.2) is 48.5 Å². The summed E-state index contributed by atoms with van der Waals surface area (Å²) in [6, 6.07) is 5.77. The first-order valence-electron chi connectivity index (χ1n) is 8.60. The number of hydrogen-bond donors (Lipinski definition) is 1. The first kappa shape index (κ1) is 19.6. The summed E-state index contributed by atoms with van der Waals surface area (Å²) in [4.78, 5) is 19.3. The highest BCUT2D eigenvalue weighted by atomic mass is 32.1. The van der Waals surface area contributed by atoms with Crippen LogP contribution in [0.25, 0.3) is 0 Å². The number of aromatic nitrogens is 1. The smallest absolute Gasteiger partial charge is 0.346 e. The van der Waals surface area contributed by atoms with Gasteiger partial charge < -0.3 is 10.2 Å². The molecule has 3 rings (SSSR count). The third-order valence-corrected chi connectivity index (χ3v) is 5.76. The van der Waals surface area contributed by atoms with E-state index in [9.17, 15) is 18.0 Å². The van der Waals surface area contributed by atoms with E-state index >= 15 is 0 Å². The summed E-state index contributed by atoms with van der Waals surface area (Å²) >= 11 is 0.658. The second-order valence-corrected chi connectivity index (χ2v) is 7.57. The summed E-state index contributed by atoms with van der Waals surface area (Å²) in [6.07, 6.45) is -3.48. The highest BCUT2D eigenvalue weighted by molar-refractivity contribution is 7.15. The monoisotopic (exact) mass is 398 g/mol. The average molecular weight is 398 g/mol. The van der Waals surface area contributed by atoms with Crippen molar-refractivity contribution >= 4 is 28.1 Å². The molecule has 0 spiro atoms. The van der Waals surface area contributed by atoms with Crippen LogP contribution in [0.15, 0.2) is 24.4 Å². The number of nitrogens with one attached hydrogen (secondary N) is 1. The number of nitrogens with zero attached hydrogens (tertiary/aromatic N) is 3. The van der Waals surface area contributed by atoms with Crippen molar-refractivity contribution in [2.75, 3.05) is 42.9 Å². The van der Waals surface area contributed by atoms with Gasteiger partial charge >= 0.3 is 6.18 Å². The number of piperazine rings is 1. The van der Waals surface area contributed by atoms with Gasteiger partial charge in [-0.25, -0.2) is 4.98 Å². The first-order valence-corrected chi connectivity index (χ1v) is 9.42. The van der Waals surface area contributed by atoms with E-state index in [1.54, 1.807) is 0 Å². The number of halogens is 3. The first-order chi connectivity index (χ1) is 12.7. The fourth-order valence-electron chi connectivity index (χ4n) is 2.92. The second-order valence-electron chi connectivity index (χ2n) is 6.56. The number of alkyl halides is 3. The minimum atomic E-state index is -4.36. The third-order valence-electron chi connectivity index (χ3n) is 4.66. The van der Waals surface area contributed by atoms with Crippen LogP contribution in [0, 0.1) is 13.8 Å². The maximum Gasteiger partial charge on any atom is 0.427 e. The fraction of sp³-hybridized carbons (Fsp3) is 0.444. The van der Waals surface area contributed by atoms with Crippen LogP contribution in [0.1, 0.15) is 16.0 Å². The van der Waals surface area contributed by atoms with E-state index in [2.05, 4.69) is 10.3 Å². The maximum absolute atomic E-state index is 12.7. The van der Waals surface area contributed by atoms with Gasteiger partial charge in [-0.15, -0.1) is 0 Å². The Labute approximate surface area is 159 Å². The van der Waals surface area contributed by atoms with E-state index < -0.39 is 11.1 Å². The molecule has 2 aromatic rings. The van der Waals surface area contributed by atoms with Crippen LogP contribution in [0.5, 0.6) is 0 Å². The Hall–Kier alpha value is -2.13. The zero-order valence-corrected chi connectivity index (χ0v) is 16.0. The van der Waals surface area contributed by atoms with E-state index in [0.717, 1.165) is 23.0 Å². The van der Waals surface area contributed by atoms with Crippen LogP contribution in [0.2, 0.25) is 0 Å². The molecule has 0 atom stereocenters. The molecule has 1 N–H and O–H groups in total. The van der Waals surface area contributed by atoms with E-state index in [4.69, 9.17) is 0 Å². The fourth-order valence-corrected chi connectivity index (χ4v) is 3.75. The van der Waals surface area contributed by atoms with Gasteiger partial charge in [0, 0.05) is 31.9 Å². The van der Waals surface area contributed by atoms with E-state index in [0.29, 0.717) is 42.6 Å². The van der Waals surface area contributed by atoms with Crippen LogP contribution in [-0.2, 0) is 11.0 Å². The number of carbonyl (C=O) groups excluding carboxylic acids is 1. The highest BCUT2D eigenvalue weighted by Gasteiger charge is 2.34. The van der Waals surface area contributed by atoms with E-state index in [-0.39, 0.29) is 12.5 Å². The Morgan fingerprint density at radius 3 is 2.56 bits per heavy atom. The van der Waals surface area contributed by atoms with E-state index in [1.807, 2.05) is 41.8 Å². The molecule has 1 fully saturated rings. The number of anilines is 2. The molecule has 2 heterocycles. The van der Waals surface area contributed by atoms with Crippen LogP contribution in [0.3, 0.4) is 0 Å². The summed E-state index contributed by atoms with van der Waals surface area (Å²) in [7, 11) is 0. The van der Waals surface area contributed by atoms with Gasteiger partial charge in [0.05, 0.1) is 12.7 Å². The molecule has 0 aliphatic carbocycles. The van der Waals surface area contributed by atoms with Crippen LogP contribution in [0.4, 0.5) is 24.0 Å². The quantitative estimate of drug-likeness (QED) is 0.856. The van der Waals surface area contributed by atoms with Gasteiger partial charge in [-0.2, -0.15) is 13.2 Å². The van der Waals surface area contributed by atoms with Crippen LogP contribution < -0.4 is 10.2 Å². The van der Waals surface area contributed by atoms with Crippen molar-refractivity contribution in [3.05, 3.63) is 40.4 Å². The zero-order chi connectivity index (χ0) is 19.6. The molecule has 0 saturated carbocycles. The third kappa shape index (κ3) is 4.78. The van der Waals surface area contributed by atoms with Crippen molar-refractivity contribution in [1.29, 1.82) is 0 Å². The molecular weight excluding hydrogens is 377 g/mol. The topological polar surface area (TPSA) is 48.5 Å². The predicted molar refractivity (Wildman–Crippen MR) is 100 cm³/mol. The lowest BCUT2D eigenvalue weighted by Gasteiger charge is -2.34. The summed E-state index contributed by atoms with van der Waals surface area (Å²) in [5.74, 6) is -0.0919. The molecule has 1 saturated heterocycles. The van der Waals surface area contributed by atoms with Crippen molar-refractivity contribution in [2.45, 2.75) is 20.0 Å². The van der Waals surface area contributed by atoms with Gasteiger partial charge in [0.1, 0.15) is 4.88 Å². The number of hydrogen-bond acceptors (Lipinski definition) is 5. The summed E-state index contributed by atoms with van der Waals surface area (Å²) in [6.45, 7) is 6.50. The minimum Gasteiger partial charge on any atom is -0.346 e. The number of carbonyl (C=O) groups is 1. The molecule has 1 amide bonds. The number of aryl methyl sites for hydroxylation is 1. The number of amides is 1. The lowest BCUT2D eigenvalue weighted by Crippen LogP contribution is -2.48. The van der Waals surface area contributed by atoms with E-state index in [1.165, 1.54) is 0 Å². The number of rotatable bonds is 4. The second kappa shape index (κ2) is 7.85. The molecule has 1 aliphatic heterocycles. The summed E-state index contributed by atoms with van der Waals surface area (Å²) in [5, 5.41) is 3.31. The van der Waals surface area contributed by atoms with Crippen molar-refractivity contribution in [1.82, 2.24) is 9.88 Å². The Bertz CT molecular complexity index is 813. The Morgan fingerprint density at radius 1 is 1.22 bits per heavy atom. The largest absolute Gasteiger partial charge is 0.427 e. The normalized spacial score (nSPS) is 15.8. The molecule has 5 nitrogen and oxygen atoms in total. The van der Waals surface area contributed by atoms with Gasteiger partial charge in [0.2, 0.25) is 5.91 Å². The Kier molecular flexibility index (Phi) is 5.71. The molecule has 27 heavy (non-hydrogen) atoms. The van der Waals surface area contributed by atoms with Gasteiger partial charge in [0.25, 0.3) is 0 Å². The van der Waals surface area contributed by atoms with Gasteiger partial charge in [-0.3, -0.25) is 9.69 Å². The molecule has 0 radical (unpaired) electrons. The van der Waals surface area contributed by atoms with Gasteiger partial charge in [-0.05, 0) is 31.0 Å². The lowest BCUT2D eigenvalue weighted by atomic mass is 10.1. The molecular formula is C18H21F3N4OS. The Balaban J connectivity index is 1.51. The average Bonchev–Trinajstić information content (AvgIpc) is 3.10.